The van der Waals surface area contributed by atoms with Crippen molar-refractivity contribution in [3.8, 4) is 0 Å². The Balaban J connectivity index is 2.06. The van der Waals surface area contributed by atoms with Crippen molar-refractivity contribution >= 4 is 33.0 Å². The van der Waals surface area contributed by atoms with Gasteiger partial charge in [-0.2, -0.15) is 0 Å². The molecule has 0 radical (unpaired) electrons. The molecule has 0 atom stereocenters. The van der Waals surface area contributed by atoms with Crippen LogP contribution in [-0.2, 0) is 16.3 Å². The molecule has 2 aromatic rings. The molecule has 6 nitrogen and oxygen atoms in total. The molecule has 1 aromatic heterocycles. The number of nitrogens with one attached hydrogen (secondary N) is 2. The Morgan fingerprint density at radius 2 is 1.79 bits per heavy atom. The van der Waals surface area contributed by atoms with Crippen molar-refractivity contribution in [3.63, 3.8) is 0 Å². The van der Waals surface area contributed by atoms with Gasteiger partial charge >= 0.3 is 0 Å². The largest absolute Gasteiger partial charge is 0.279 e. The van der Waals surface area contributed by atoms with Gasteiger partial charge in [0, 0.05) is 16.7 Å². The van der Waals surface area contributed by atoms with E-state index in [-0.39, 0.29) is 10.5 Å². The monoisotopic (exact) mass is 366 g/mol. The van der Waals surface area contributed by atoms with E-state index in [0.717, 1.165) is 23.1 Å². The molecule has 1 aromatic carbocycles. The van der Waals surface area contributed by atoms with Crippen molar-refractivity contribution in [2.75, 3.05) is 6.26 Å². The third kappa shape index (κ3) is 4.21. The number of carbonyl (C=O) groups excluding carboxylic acids is 2. The summed E-state index contributed by atoms with van der Waals surface area (Å²) in [5, 5.41) is 0. The first-order chi connectivity index (χ1) is 11.2. The van der Waals surface area contributed by atoms with E-state index in [2.05, 4.69) is 10.9 Å². The highest BCUT2D eigenvalue weighted by atomic mass is 32.2. The van der Waals surface area contributed by atoms with Crippen molar-refractivity contribution in [2.45, 2.75) is 25.2 Å². The average Bonchev–Trinajstić information content (AvgIpc) is 2.92. The minimum atomic E-state index is -3.40. The molecule has 0 saturated carbocycles. The topological polar surface area (TPSA) is 92.3 Å². The van der Waals surface area contributed by atoms with Gasteiger partial charge in [-0.1, -0.05) is 13.0 Å². The third-order valence-electron chi connectivity index (χ3n) is 3.44. The number of rotatable bonds is 4. The zero-order valence-electron chi connectivity index (χ0n) is 13.5. The van der Waals surface area contributed by atoms with Crippen molar-refractivity contribution in [1.29, 1.82) is 0 Å². The number of benzene rings is 1. The van der Waals surface area contributed by atoms with Gasteiger partial charge in [-0.3, -0.25) is 20.4 Å². The van der Waals surface area contributed by atoms with E-state index >= 15 is 0 Å². The van der Waals surface area contributed by atoms with E-state index in [4.69, 9.17) is 0 Å². The maximum absolute atomic E-state index is 12.1. The molecule has 128 valence electrons. The van der Waals surface area contributed by atoms with Crippen LogP contribution in [0.2, 0.25) is 0 Å². The molecule has 0 bridgehead atoms. The SMILES string of the molecule is CCc1cc(C(=O)NNC(=O)c2cccc(S(C)(=O)=O)c2)sc1C. The Morgan fingerprint density at radius 1 is 1.12 bits per heavy atom. The molecule has 0 unspecified atom stereocenters. The molecule has 0 aliphatic rings. The van der Waals surface area contributed by atoms with Gasteiger partial charge < -0.3 is 0 Å². The van der Waals surface area contributed by atoms with Gasteiger partial charge in [0.05, 0.1) is 9.77 Å². The highest BCUT2D eigenvalue weighted by molar-refractivity contribution is 7.90. The van der Waals surface area contributed by atoms with Crippen LogP contribution in [0.25, 0.3) is 0 Å². The van der Waals surface area contributed by atoms with Crippen LogP contribution < -0.4 is 10.9 Å². The lowest BCUT2D eigenvalue weighted by molar-refractivity contribution is 0.0848. The number of thiophene rings is 1. The minimum absolute atomic E-state index is 0.0444. The second kappa shape index (κ2) is 7.14. The van der Waals surface area contributed by atoms with Crippen molar-refractivity contribution in [2.24, 2.45) is 0 Å². The molecular weight excluding hydrogens is 348 g/mol. The van der Waals surface area contributed by atoms with E-state index in [1.54, 1.807) is 6.07 Å². The molecule has 1 heterocycles. The summed E-state index contributed by atoms with van der Waals surface area (Å²) in [6.07, 6.45) is 1.90. The Labute approximate surface area is 144 Å². The smallest absolute Gasteiger partial charge is 0.267 e. The molecule has 0 spiro atoms. The van der Waals surface area contributed by atoms with Gasteiger partial charge in [-0.25, -0.2) is 8.42 Å². The predicted octanol–water partition coefficient (Wildman–Crippen LogP) is 2.10. The second-order valence-corrected chi connectivity index (χ2v) is 8.53. The Morgan fingerprint density at radius 3 is 2.38 bits per heavy atom. The zero-order valence-corrected chi connectivity index (χ0v) is 15.2. The number of amides is 2. The normalized spacial score (nSPS) is 11.1. The third-order valence-corrected chi connectivity index (χ3v) is 5.64. The quantitative estimate of drug-likeness (QED) is 0.811. The predicted molar refractivity (Wildman–Crippen MR) is 92.9 cm³/mol. The van der Waals surface area contributed by atoms with Crippen LogP contribution >= 0.6 is 11.3 Å². The summed E-state index contributed by atoms with van der Waals surface area (Å²) in [4.78, 5) is 25.8. The lowest BCUT2D eigenvalue weighted by atomic mass is 10.2. The van der Waals surface area contributed by atoms with Gasteiger partial charge in [-0.05, 0) is 43.2 Å². The van der Waals surface area contributed by atoms with Gasteiger partial charge in [0.25, 0.3) is 11.8 Å². The number of carbonyl (C=O) groups is 2. The van der Waals surface area contributed by atoms with Crippen LogP contribution in [0, 0.1) is 6.92 Å². The molecule has 0 aliphatic carbocycles. The Hall–Kier alpha value is -2.19. The molecule has 24 heavy (non-hydrogen) atoms. The van der Waals surface area contributed by atoms with Crippen molar-refractivity contribution in [1.82, 2.24) is 10.9 Å². The van der Waals surface area contributed by atoms with Gasteiger partial charge in [0.2, 0.25) is 0 Å². The molecular formula is C16H18N2O4S2. The Bertz CT molecular complexity index is 885. The van der Waals surface area contributed by atoms with Gasteiger partial charge in [-0.15, -0.1) is 11.3 Å². The van der Waals surface area contributed by atoms with Crippen LogP contribution in [0.3, 0.4) is 0 Å². The van der Waals surface area contributed by atoms with Gasteiger partial charge in [0.1, 0.15) is 0 Å². The molecule has 0 aliphatic heterocycles. The lowest BCUT2D eigenvalue weighted by Gasteiger charge is -2.07. The number of hydrogen-bond acceptors (Lipinski definition) is 5. The van der Waals surface area contributed by atoms with Gasteiger partial charge in [0.15, 0.2) is 9.84 Å². The van der Waals surface area contributed by atoms with E-state index in [9.17, 15) is 18.0 Å². The first-order valence-electron chi connectivity index (χ1n) is 7.22. The van der Waals surface area contributed by atoms with Crippen LogP contribution in [0.5, 0.6) is 0 Å². The summed E-state index contributed by atoms with van der Waals surface area (Å²) in [5.74, 6) is -0.992. The van der Waals surface area contributed by atoms with Crippen LogP contribution in [0.1, 0.15) is 37.4 Å². The van der Waals surface area contributed by atoms with Crippen LogP contribution in [0.15, 0.2) is 35.2 Å². The Kier molecular flexibility index (Phi) is 5.40. The summed E-state index contributed by atoms with van der Waals surface area (Å²) >= 11 is 1.36. The summed E-state index contributed by atoms with van der Waals surface area (Å²) in [6.45, 7) is 3.95. The first-order valence-corrected chi connectivity index (χ1v) is 9.93. The number of hydrogen-bond donors (Lipinski definition) is 2. The van der Waals surface area contributed by atoms with E-state index in [0.29, 0.717) is 4.88 Å². The first kappa shape index (κ1) is 18.2. The fraction of sp³-hybridized carbons (Fsp3) is 0.250. The number of aryl methyl sites for hydroxylation is 2. The molecule has 2 rings (SSSR count). The van der Waals surface area contributed by atoms with Crippen molar-refractivity contribution in [3.05, 3.63) is 51.2 Å². The number of hydrazine groups is 1. The molecule has 2 amide bonds. The summed E-state index contributed by atoms with van der Waals surface area (Å²) in [6, 6.07) is 7.42. The minimum Gasteiger partial charge on any atom is -0.267 e. The highest BCUT2D eigenvalue weighted by Gasteiger charge is 2.14. The molecule has 0 saturated heterocycles. The van der Waals surface area contributed by atoms with Crippen LogP contribution in [0.4, 0.5) is 0 Å². The summed E-state index contributed by atoms with van der Waals surface area (Å²) in [5.41, 5.74) is 5.88. The maximum atomic E-state index is 12.1. The standard InChI is InChI=1S/C16H18N2O4S2/c1-4-11-9-14(23-10(11)2)16(20)18-17-15(19)12-6-5-7-13(8-12)24(3,21)22/h5-9H,4H2,1-3H3,(H,17,19)(H,18,20). The second-order valence-electron chi connectivity index (χ2n) is 5.25. The number of sulfone groups is 1. The fourth-order valence-electron chi connectivity index (χ4n) is 2.10. The lowest BCUT2D eigenvalue weighted by Crippen LogP contribution is -2.41. The fourth-order valence-corrected chi connectivity index (χ4v) is 3.77. The zero-order chi connectivity index (χ0) is 17.9. The summed E-state index contributed by atoms with van der Waals surface area (Å²) in [7, 11) is -3.40. The van der Waals surface area contributed by atoms with E-state index in [1.165, 1.54) is 35.6 Å². The average molecular weight is 366 g/mol. The molecule has 8 heteroatoms. The highest BCUT2D eigenvalue weighted by Crippen LogP contribution is 2.21. The summed E-state index contributed by atoms with van der Waals surface area (Å²) < 4.78 is 23.0. The van der Waals surface area contributed by atoms with E-state index in [1.807, 2.05) is 13.8 Å². The van der Waals surface area contributed by atoms with Crippen molar-refractivity contribution < 1.29 is 18.0 Å². The van der Waals surface area contributed by atoms with E-state index < -0.39 is 21.7 Å². The molecule has 0 fully saturated rings. The van der Waals surface area contributed by atoms with Crippen LogP contribution in [-0.4, -0.2) is 26.5 Å². The maximum Gasteiger partial charge on any atom is 0.279 e. The molecule has 2 N–H and O–H groups in total.